The Morgan fingerprint density at radius 3 is 2.27 bits per heavy atom. The van der Waals surface area contributed by atoms with E-state index in [1.165, 1.54) is 12.1 Å². The molecular formula is C56H63ClF3N3O6Si. The quantitative estimate of drug-likeness (QED) is 0.0427. The average Bonchev–Trinajstić information content (AvgIpc) is 3.84. The van der Waals surface area contributed by atoms with Gasteiger partial charge in [-0.1, -0.05) is 118 Å². The molecular weight excluding hydrogens is 931 g/mol. The van der Waals surface area contributed by atoms with Crippen molar-refractivity contribution in [3.8, 4) is 16.9 Å². The van der Waals surface area contributed by atoms with Crippen LogP contribution in [0.15, 0.2) is 109 Å². The van der Waals surface area contributed by atoms with Gasteiger partial charge in [-0.2, -0.15) is 5.10 Å². The summed E-state index contributed by atoms with van der Waals surface area (Å²) in [6, 6.07) is 33.1. The Morgan fingerprint density at radius 2 is 1.61 bits per heavy atom. The van der Waals surface area contributed by atoms with Gasteiger partial charge >= 0.3 is 5.97 Å². The van der Waals surface area contributed by atoms with E-state index in [2.05, 4.69) is 20.8 Å². The largest absolute Gasteiger partial charge is 0.493 e. The van der Waals surface area contributed by atoms with Gasteiger partial charge in [0.05, 0.1) is 42.7 Å². The summed E-state index contributed by atoms with van der Waals surface area (Å²) in [6.07, 6.45) is 2.99. The first-order valence-electron chi connectivity index (χ1n) is 24.4. The van der Waals surface area contributed by atoms with Crippen molar-refractivity contribution in [1.29, 1.82) is 0 Å². The van der Waals surface area contributed by atoms with Crippen LogP contribution >= 0.6 is 11.6 Å². The van der Waals surface area contributed by atoms with Crippen molar-refractivity contribution >= 4 is 57.9 Å². The predicted octanol–water partition coefficient (Wildman–Crippen LogP) is 12.4. The Balaban J connectivity index is 1.22. The molecule has 0 N–H and O–H groups in total. The Bertz CT molecular complexity index is 2870. The number of hydrogen-bond donors (Lipinski definition) is 0. The third-order valence-corrected chi connectivity index (χ3v) is 18.7. The second kappa shape index (κ2) is 21.9. The second-order valence-corrected chi connectivity index (χ2v) is 23.7. The lowest BCUT2D eigenvalue weighted by atomic mass is 9.97. The van der Waals surface area contributed by atoms with Gasteiger partial charge in [0.25, 0.3) is 14.2 Å². The fourth-order valence-electron chi connectivity index (χ4n) is 10.2. The maximum atomic E-state index is 17.1. The molecule has 1 unspecified atom stereocenters. The second-order valence-electron chi connectivity index (χ2n) is 19.0. The van der Waals surface area contributed by atoms with E-state index in [1.54, 1.807) is 28.3 Å². The first-order valence-corrected chi connectivity index (χ1v) is 26.7. The van der Waals surface area contributed by atoms with Gasteiger partial charge in [-0.15, -0.1) is 0 Å². The zero-order valence-corrected chi connectivity index (χ0v) is 42.7. The molecule has 5 aromatic carbocycles. The normalized spacial score (nSPS) is 14.7. The smallest absolute Gasteiger partial charge is 0.355 e. The number of aromatic nitrogens is 3. The number of hydrogen-bond acceptors (Lipinski definition) is 7. The Morgan fingerprint density at radius 1 is 0.900 bits per heavy atom. The number of benzene rings is 5. The van der Waals surface area contributed by atoms with Crippen LogP contribution in [0.5, 0.6) is 5.75 Å². The molecule has 0 amide bonds. The van der Waals surface area contributed by atoms with Crippen LogP contribution in [0.4, 0.5) is 13.2 Å². The van der Waals surface area contributed by atoms with Gasteiger partial charge in [0, 0.05) is 54.2 Å². The number of rotatable bonds is 20. The van der Waals surface area contributed by atoms with Gasteiger partial charge < -0.3 is 27.9 Å². The molecule has 8 rings (SSSR count). The zero-order valence-electron chi connectivity index (χ0n) is 41.0. The minimum absolute atomic E-state index is 0.0635. The van der Waals surface area contributed by atoms with Crippen LogP contribution in [0.1, 0.15) is 94.2 Å². The molecule has 370 valence electrons. The van der Waals surface area contributed by atoms with E-state index >= 15 is 8.78 Å². The molecule has 0 aliphatic carbocycles. The van der Waals surface area contributed by atoms with Crippen molar-refractivity contribution in [1.82, 2.24) is 14.3 Å². The van der Waals surface area contributed by atoms with Crippen molar-refractivity contribution < 1.29 is 41.3 Å². The van der Waals surface area contributed by atoms with Crippen molar-refractivity contribution in [2.45, 2.75) is 110 Å². The van der Waals surface area contributed by atoms with Crippen molar-refractivity contribution in [2.75, 3.05) is 26.4 Å². The molecule has 1 saturated heterocycles. The van der Waals surface area contributed by atoms with Crippen LogP contribution in [0, 0.1) is 5.82 Å². The fraction of sp³-hybridized carbons (Fsp3) is 0.393. The van der Waals surface area contributed by atoms with Gasteiger partial charge in [-0.3, -0.25) is 4.68 Å². The molecule has 2 aromatic heterocycles. The number of fused-ring (bicyclic) bond motifs is 2. The van der Waals surface area contributed by atoms with E-state index in [1.807, 2.05) is 98.9 Å². The summed E-state index contributed by atoms with van der Waals surface area (Å²) < 4.78 is 83.0. The Labute approximate surface area is 414 Å². The number of halogens is 4. The van der Waals surface area contributed by atoms with E-state index in [4.69, 9.17) is 40.1 Å². The van der Waals surface area contributed by atoms with E-state index in [0.29, 0.717) is 69.8 Å². The van der Waals surface area contributed by atoms with Crippen LogP contribution < -0.4 is 15.1 Å². The standard InChI is InChI=1S/C56H63ClF3N3O6Si/c1-7-47-51(46(61-62(47)6)36-68-49-26-15-16-33-67-49)50-45(57)30-29-44-43(24-18-34-66-48-25-17-19-38-35-39(58)27-28-42(38)48)53(54(64)65-8-2)63(52(44)50)32-31-56(59,60)37-69-70(55(3,4)5,40-20-11-9-12-21-40)41-22-13-10-14-23-41/h9-14,17,19-23,25,27-30,35,49H,7-8,15-16,18,24,26,31-34,36-37H2,1-6H3. The number of aryl methyl sites for hydroxylation is 3. The summed E-state index contributed by atoms with van der Waals surface area (Å²) in [6.45, 7) is 9.83. The third kappa shape index (κ3) is 10.6. The summed E-state index contributed by atoms with van der Waals surface area (Å²) >= 11 is 7.33. The van der Waals surface area contributed by atoms with Gasteiger partial charge in [-0.05, 0) is 102 Å². The molecule has 1 aliphatic rings. The molecule has 1 aliphatic heterocycles. The molecule has 0 bridgehead atoms. The minimum Gasteiger partial charge on any atom is -0.493 e. The maximum absolute atomic E-state index is 17.1. The van der Waals surface area contributed by atoms with E-state index in [9.17, 15) is 9.18 Å². The number of nitrogens with zero attached hydrogens (tertiary/aromatic N) is 3. The molecule has 14 heteroatoms. The summed E-state index contributed by atoms with van der Waals surface area (Å²) in [5.74, 6) is -3.74. The highest BCUT2D eigenvalue weighted by atomic mass is 35.5. The number of esters is 1. The van der Waals surface area contributed by atoms with Crippen LogP contribution in [0.25, 0.3) is 32.8 Å². The molecule has 0 saturated carbocycles. The van der Waals surface area contributed by atoms with E-state index < -0.39 is 44.6 Å². The van der Waals surface area contributed by atoms with Gasteiger partial charge in [0.1, 0.15) is 17.3 Å². The van der Waals surface area contributed by atoms with Gasteiger partial charge in [-0.25, -0.2) is 18.0 Å². The van der Waals surface area contributed by atoms with Crippen LogP contribution in [0.3, 0.4) is 0 Å². The van der Waals surface area contributed by atoms with Crippen molar-refractivity contribution in [2.24, 2.45) is 7.05 Å². The monoisotopic (exact) mass is 993 g/mol. The SMILES string of the molecule is CCOC(=O)c1c(CCCOc2cccc3cc(F)ccc23)c2ccc(Cl)c(-c3c(COC4CCCCO4)nn(C)c3CC)c2n1CCC(F)(F)CO[Si](c1ccccc1)(c1ccccc1)C(C)(C)C. The number of alkyl halides is 2. The van der Waals surface area contributed by atoms with E-state index in [0.717, 1.165) is 46.3 Å². The highest BCUT2D eigenvalue weighted by Gasteiger charge is 2.52. The molecule has 9 nitrogen and oxygen atoms in total. The predicted molar refractivity (Wildman–Crippen MR) is 274 cm³/mol. The van der Waals surface area contributed by atoms with Crippen LogP contribution in [0.2, 0.25) is 10.1 Å². The number of ether oxygens (including phenoxy) is 4. The highest BCUT2D eigenvalue weighted by molar-refractivity contribution is 6.99. The Hall–Kier alpha value is -5.44. The summed E-state index contributed by atoms with van der Waals surface area (Å²) in [5, 5.41) is 8.71. The third-order valence-electron chi connectivity index (χ3n) is 13.4. The average molecular weight is 995 g/mol. The van der Waals surface area contributed by atoms with Crippen molar-refractivity contribution in [3.63, 3.8) is 0 Å². The molecule has 3 heterocycles. The maximum Gasteiger partial charge on any atom is 0.355 e. The first-order chi connectivity index (χ1) is 33.7. The minimum atomic E-state index is -3.36. The number of carbonyl (C=O) groups is 1. The molecule has 7 aromatic rings. The van der Waals surface area contributed by atoms with E-state index in [-0.39, 0.29) is 37.9 Å². The van der Waals surface area contributed by atoms with Crippen LogP contribution in [-0.4, -0.2) is 67.3 Å². The molecule has 0 spiro atoms. The molecule has 1 atom stereocenters. The number of carbonyl (C=O) groups excluding carboxylic acids is 1. The summed E-state index contributed by atoms with van der Waals surface area (Å²) in [7, 11) is -1.48. The lowest BCUT2D eigenvalue weighted by Gasteiger charge is -2.43. The first kappa shape index (κ1) is 50.9. The molecule has 70 heavy (non-hydrogen) atoms. The van der Waals surface area contributed by atoms with Gasteiger partial charge in [0.15, 0.2) is 6.29 Å². The lowest BCUT2D eigenvalue weighted by molar-refractivity contribution is -0.169. The Kier molecular flexibility index (Phi) is 15.9. The zero-order chi connectivity index (χ0) is 49.6. The van der Waals surface area contributed by atoms with Crippen LogP contribution in [-0.2, 0) is 51.7 Å². The molecule has 1 fully saturated rings. The topological polar surface area (TPSA) is 86.0 Å². The van der Waals surface area contributed by atoms with Gasteiger partial charge in [0.2, 0.25) is 0 Å². The lowest BCUT2D eigenvalue weighted by Crippen LogP contribution is -2.67. The summed E-state index contributed by atoms with van der Waals surface area (Å²) in [5.41, 5.74) is 4.06. The highest BCUT2D eigenvalue weighted by Crippen LogP contribution is 2.44. The van der Waals surface area contributed by atoms with Crippen molar-refractivity contribution in [3.05, 3.63) is 143 Å². The molecule has 0 radical (unpaired) electrons. The summed E-state index contributed by atoms with van der Waals surface area (Å²) in [4.78, 5) is 14.5. The fourth-order valence-corrected chi connectivity index (χ4v) is 15.0.